The Balaban J connectivity index is 2.16. The van der Waals surface area contributed by atoms with E-state index in [-0.39, 0.29) is 0 Å². The highest BCUT2D eigenvalue weighted by Gasteiger charge is 2.13. The number of aliphatic hydroxyl groups excluding tert-OH is 1. The fraction of sp³-hybridized carbons (Fsp3) is 1.00. The van der Waals surface area contributed by atoms with Crippen LogP contribution in [0.15, 0.2) is 0 Å². The molecule has 0 aromatic carbocycles. The van der Waals surface area contributed by atoms with Gasteiger partial charge >= 0.3 is 0 Å². The Morgan fingerprint density at radius 1 is 1.13 bits per heavy atom. The van der Waals surface area contributed by atoms with E-state index in [0.717, 1.165) is 18.9 Å². The molecule has 1 atom stereocenters. The average Bonchev–Trinajstić information content (AvgIpc) is 2.19. The van der Waals surface area contributed by atoms with Gasteiger partial charge in [0, 0.05) is 18.7 Å². The molecule has 2 nitrogen and oxygen atoms in total. The molecule has 0 aromatic heterocycles. The van der Waals surface area contributed by atoms with E-state index < -0.39 is 0 Å². The molecule has 2 N–H and O–H groups in total. The monoisotopic (exact) mass is 213 g/mol. The minimum Gasteiger partial charge on any atom is -0.396 e. The molecule has 15 heavy (non-hydrogen) atoms. The van der Waals surface area contributed by atoms with Crippen molar-refractivity contribution in [2.24, 2.45) is 0 Å². The van der Waals surface area contributed by atoms with Crippen molar-refractivity contribution in [3.8, 4) is 0 Å². The zero-order valence-corrected chi connectivity index (χ0v) is 10.2. The van der Waals surface area contributed by atoms with Crippen LogP contribution in [0.4, 0.5) is 0 Å². The van der Waals surface area contributed by atoms with Crippen LogP contribution in [0.25, 0.3) is 0 Å². The number of nitrogens with one attached hydrogen (secondary N) is 1. The summed E-state index contributed by atoms with van der Waals surface area (Å²) in [4.78, 5) is 0. The summed E-state index contributed by atoms with van der Waals surface area (Å²) >= 11 is 0. The summed E-state index contributed by atoms with van der Waals surface area (Å²) in [6.45, 7) is 2.57. The van der Waals surface area contributed by atoms with Crippen LogP contribution in [-0.4, -0.2) is 23.8 Å². The molecule has 0 bridgehead atoms. The minimum absolute atomic E-state index is 0.330. The number of aliphatic hydroxyl groups is 1. The van der Waals surface area contributed by atoms with Crippen molar-refractivity contribution in [2.75, 3.05) is 6.61 Å². The van der Waals surface area contributed by atoms with Crippen LogP contribution in [0.3, 0.4) is 0 Å². The van der Waals surface area contributed by atoms with Gasteiger partial charge in [-0.15, -0.1) is 0 Å². The third-order valence-electron chi connectivity index (χ3n) is 3.42. The number of hydrogen-bond donors (Lipinski definition) is 2. The lowest BCUT2D eigenvalue weighted by molar-refractivity contribution is 0.269. The highest BCUT2D eigenvalue weighted by atomic mass is 16.2. The molecule has 0 radical (unpaired) electrons. The van der Waals surface area contributed by atoms with Crippen molar-refractivity contribution in [2.45, 2.75) is 76.8 Å². The average molecular weight is 213 g/mol. The van der Waals surface area contributed by atoms with Crippen molar-refractivity contribution >= 4 is 0 Å². The van der Waals surface area contributed by atoms with E-state index in [4.69, 9.17) is 5.11 Å². The quantitative estimate of drug-likeness (QED) is 0.736. The summed E-state index contributed by atoms with van der Waals surface area (Å²) in [5.41, 5.74) is 0. The fourth-order valence-electron chi connectivity index (χ4n) is 2.51. The smallest absolute Gasteiger partial charge is 0.0431 e. The molecule has 1 saturated carbocycles. The summed E-state index contributed by atoms with van der Waals surface area (Å²) in [6.07, 6.45) is 11.8. The summed E-state index contributed by atoms with van der Waals surface area (Å²) in [5.74, 6) is 0. The SMILES string of the molecule is C[C@@H](CCCO)NC1CCCCCCC1. The second kappa shape index (κ2) is 8.12. The van der Waals surface area contributed by atoms with E-state index in [1.807, 2.05) is 0 Å². The molecular weight excluding hydrogens is 186 g/mol. The molecule has 0 unspecified atom stereocenters. The normalized spacial score (nSPS) is 22.0. The van der Waals surface area contributed by atoms with Gasteiger partial charge < -0.3 is 10.4 Å². The molecule has 1 aliphatic carbocycles. The Bertz CT molecular complexity index is 141. The first-order valence-corrected chi connectivity index (χ1v) is 6.70. The molecule has 0 saturated heterocycles. The maximum Gasteiger partial charge on any atom is 0.0431 e. The van der Waals surface area contributed by atoms with Crippen molar-refractivity contribution in [1.29, 1.82) is 0 Å². The van der Waals surface area contributed by atoms with Crippen LogP contribution in [-0.2, 0) is 0 Å². The highest BCUT2D eigenvalue weighted by molar-refractivity contribution is 4.73. The van der Waals surface area contributed by atoms with Crippen LogP contribution >= 0.6 is 0 Å². The van der Waals surface area contributed by atoms with E-state index in [1.165, 1.54) is 44.9 Å². The molecule has 0 aromatic rings. The van der Waals surface area contributed by atoms with E-state index in [0.29, 0.717) is 12.6 Å². The molecule has 2 heteroatoms. The van der Waals surface area contributed by atoms with E-state index >= 15 is 0 Å². The largest absolute Gasteiger partial charge is 0.396 e. The Morgan fingerprint density at radius 2 is 1.73 bits per heavy atom. The molecule has 1 rings (SSSR count). The van der Waals surface area contributed by atoms with E-state index in [1.54, 1.807) is 0 Å². The maximum atomic E-state index is 8.78. The molecule has 0 spiro atoms. The lowest BCUT2D eigenvalue weighted by Gasteiger charge is -2.25. The standard InChI is InChI=1S/C13H27NO/c1-12(8-7-11-15)14-13-9-5-3-2-4-6-10-13/h12-15H,2-11H2,1H3/t12-/m0/s1. The summed E-state index contributed by atoms with van der Waals surface area (Å²) in [5, 5.41) is 12.5. The summed E-state index contributed by atoms with van der Waals surface area (Å²) in [6, 6.07) is 1.31. The minimum atomic E-state index is 0.330. The second-order valence-corrected chi connectivity index (χ2v) is 4.98. The first kappa shape index (κ1) is 13.0. The number of rotatable bonds is 5. The first-order valence-electron chi connectivity index (χ1n) is 6.70. The molecule has 0 heterocycles. The zero-order valence-electron chi connectivity index (χ0n) is 10.2. The van der Waals surface area contributed by atoms with Crippen molar-refractivity contribution < 1.29 is 5.11 Å². The molecule has 0 amide bonds. The maximum absolute atomic E-state index is 8.78. The predicted octanol–water partition coefficient (Wildman–Crippen LogP) is 2.85. The zero-order chi connectivity index (χ0) is 10.9. The molecule has 0 aliphatic heterocycles. The Kier molecular flexibility index (Phi) is 7.03. The van der Waals surface area contributed by atoms with Crippen LogP contribution < -0.4 is 5.32 Å². The second-order valence-electron chi connectivity index (χ2n) is 4.98. The van der Waals surface area contributed by atoms with Crippen molar-refractivity contribution in [1.82, 2.24) is 5.32 Å². The van der Waals surface area contributed by atoms with Gasteiger partial charge in [-0.05, 0) is 32.6 Å². The van der Waals surface area contributed by atoms with Gasteiger partial charge in [0.1, 0.15) is 0 Å². The van der Waals surface area contributed by atoms with Gasteiger partial charge in [0.25, 0.3) is 0 Å². The predicted molar refractivity (Wildman–Crippen MR) is 65.0 cm³/mol. The van der Waals surface area contributed by atoms with Crippen LogP contribution in [0.2, 0.25) is 0 Å². The van der Waals surface area contributed by atoms with Crippen molar-refractivity contribution in [3.05, 3.63) is 0 Å². The first-order chi connectivity index (χ1) is 7.33. The Morgan fingerprint density at radius 3 is 2.33 bits per heavy atom. The van der Waals surface area contributed by atoms with Gasteiger partial charge in [-0.1, -0.05) is 32.1 Å². The summed E-state index contributed by atoms with van der Waals surface area (Å²) < 4.78 is 0. The van der Waals surface area contributed by atoms with Crippen molar-refractivity contribution in [3.63, 3.8) is 0 Å². The molecule has 1 fully saturated rings. The van der Waals surface area contributed by atoms with Gasteiger partial charge in [0.05, 0.1) is 0 Å². The van der Waals surface area contributed by atoms with Crippen LogP contribution in [0, 0.1) is 0 Å². The van der Waals surface area contributed by atoms with Gasteiger partial charge in [-0.3, -0.25) is 0 Å². The lowest BCUT2D eigenvalue weighted by atomic mass is 9.96. The van der Waals surface area contributed by atoms with Gasteiger partial charge in [0.15, 0.2) is 0 Å². The molecule has 1 aliphatic rings. The number of hydrogen-bond acceptors (Lipinski definition) is 2. The summed E-state index contributed by atoms with van der Waals surface area (Å²) in [7, 11) is 0. The van der Waals surface area contributed by atoms with Crippen LogP contribution in [0.5, 0.6) is 0 Å². The molecule has 90 valence electrons. The Hall–Kier alpha value is -0.0800. The highest BCUT2D eigenvalue weighted by Crippen LogP contribution is 2.17. The van der Waals surface area contributed by atoms with E-state index in [9.17, 15) is 0 Å². The van der Waals surface area contributed by atoms with Gasteiger partial charge in [-0.25, -0.2) is 0 Å². The van der Waals surface area contributed by atoms with Crippen LogP contribution in [0.1, 0.15) is 64.7 Å². The lowest BCUT2D eigenvalue weighted by Crippen LogP contribution is -2.37. The Labute approximate surface area is 94.5 Å². The fourth-order valence-corrected chi connectivity index (χ4v) is 2.51. The third-order valence-corrected chi connectivity index (χ3v) is 3.42. The third kappa shape index (κ3) is 6.16. The van der Waals surface area contributed by atoms with E-state index in [2.05, 4.69) is 12.2 Å². The van der Waals surface area contributed by atoms with Gasteiger partial charge in [-0.2, -0.15) is 0 Å². The topological polar surface area (TPSA) is 32.3 Å². The molecular formula is C13H27NO. The van der Waals surface area contributed by atoms with Gasteiger partial charge in [0.2, 0.25) is 0 Å².